The van der Waals surface area contributed by atoms with Gasteiger partial charge in [-0.3, -0.25) is 4.79 Å². The summed E-state index contributed by atoms with van der Waals surface area (Å²) in [6, 6.07) is 2.40. The lowest BCUT2D eigenvalue weighted by atomic mass is 10.1. The van der Waals surface area contributed by atoms with Gasteiger partial charge in [0, 0.05) is 10.0 Å². The van der Waals surface area contributed by atoms with Crippen LogP contribution in [-0.2, 0) is 16.0 Å². The van der Waals surface area contributed by atoms with Gasteiger partial charge >= 0.3 is 12.3 Å². The van der Waals surface area contributed by atoms with Gasteiger partial charge < -0.3 is 15.2 Å². The van der Waals surface area contributed by atoms with Crippen LogP contribution in [0.5, 0.6) is 5.75 Å². The zero-order chi connectivity index (χ0) is 14.6. The van der Waals surface area contributed by atoms with E-state index >= 15 is 0 Å². The maximum atomic E-state index is 12.2. The third kappa shape index (κ3) is 4.62. The Balaban J connectivity index is 3.10. The maximum absolute atomic E-state index is 12.2. The fraction of sp³-hybridized carbons (Fsp3) is 0.364. The van der Waals surface area contributed by atoms with Crippen LogP contribution < -0.4 is 10.5 Å². The number of esters is 1. The van der Waals surface area contributed by atoms with Crippen molar-refractivity contribution in [3.63, 3.8) is 0 Å². The van der Waals surface area contributed by atoms with Gasteiger partial charge in [-0.1, -0.05) is 0 Å². The first-order chi connectivity index (χ1) is 8.74. The van der Waals surface area contributed by atoms with Crippen molar-refractivity contribution in [3.8, 4) is 5.75 Å². The molecule has 0 atom stereocenters. The molecule has 0 fully saturated rings. The van der Waals surface area contributed by atoms with Gasteiger partial charge in [0.1, 0.15) is 5.75 Å². The van der Waals surface area contributed by atoms with Gasteiger partial charge in [0.05, 0.1) is 18.7 Å². The lowest BCUT2D eigenvalue weighted by molar-refractivity contribution is -0.274. The lowest BCUT2D eigenvalue weighted by Crippen LogP contribution is -2.19. The third-order valence-electron chi connectivity index (χ3n) is 2.11. The second-order valence-corrected chi connectivity index (χ2v) is 4.32. The minimum absolute atomic E-state index is 0.00908. The Labute approximate surface area is 115 Å². The summed E-state index contributed by atoms with van der Waals surface area (Å²) < 4.78 is 45.6. The number of benzene rings is 1. The molecule has 0 saturated carbocycles. The standard InChI is InChI=1S/C11H11BrF3NO3/c1-2-18-9(17)5-6-8(19-11(13,14)15)4-3-7(12)10(6)16/h3-4H,2,5,16H2,1H3. The predicted octanol–water partition coefficient (Wildman–Crippen LogP) is 3.04. The lowest BCUT2D eigenvalue weighted by Gasteiger charge is -2.15. The molecule has 0 radical (unpaired) electrons. The molecule has 0 aliphatic carbocycles. The Kier molecular flexibility index (Phi) is 5.04. The second kappa shape index (κ2) is 6.14. The highest BCUT2D eigenvalue weighted by atomic mass is 79.9. The van der Waals surface area contributed by atoms with Crippen molar-refractivity contribution in [1.82, 2.24) is 0 Å². The van der Waals surface area contributed by atoms with E-state index in [0.29, 0.717) is 4.47 Å². The van der Waals surface area contributed by atoms with Crippen LogP contribution in [-0.4, -0.2) is 18.9 Å². The molecule has 19 heavy (non-hydrogen) atoms. The van der Waals surface area contributed by atoms with E-state index in [-0.39, 0.29) is 17.9 Å². The number of carbonyl (C=O) groups is 1. The van der Waals surface area contributed by atoms with E-state index < -0.39 is 24.5 Å². The smallest absolute Gasteiger partial charge is 0.466 e. The van der Waals surface area contributed by atoms with Gasteiger partial charge in [-0.2, -0.15) is 0 Å². The molecule has 0 unspecified atom stereocenters. The minimum Gasteiger partial charge on any atom is -0.466 e. The quantitative estimate of drug-likeness (QED) is 0.675. The number of nitrogens with two attached hydrogens (primary N) is 1. The fourth-order valence-electron chi connectivity index (χ4n) is 1.38. The van der Waals surface area contributed by atoms with Crippen LogP contribution in [0.1, 0.15) is 12.5 Å². The molecule has 0 aliphatic rings. The number of nitrogen functional groups attached to an aromatic ring is 1. The highest BCUT2D eigenvalue weighted by Gasteiger charge is 2.33. The third-order valence-corrected chi connectivity index (χ3v) is 2.80. The first-order valence-corrected chi connectivity index (χ1v) is 6.02. The Morgan fingerprint density at radius 1 is 1.42 bits per heavy atom. The summed E-state index contributed by atoms with van der Waals surface area (Å²) in [4.78, 5) is 11.4. The highest BCUT2D eigenvalue weighted by molar-refractivity contribution is 9.10. The maximum Gasteiger partial charge on any atom is 0.573 e. The summed E-state index contributed by atoms with van der Waals surface area (Å²) in [5, 5.41) is 0. The van der Waals surface area contributed by atoms with E-state index in [9.17, 15) is 18.0 Å². The number of alkyl halides is 3. The molecule has 0 aliphatic heterocycles. The minimum atomic E-state index is -4.86. The number of hydrogen-bond acceptors (Lipinski definition) is 4. The number of halogens is 4. The Bertz CT molecular complexity index is 477. The molecule has 0 heterocycles. The van der Waals surface area contributed by atoms with E-state index in [0.717, 1.165) is 6.07 Å². The molecule has 0 bridgehead atoms. The number of ether oxygens (including phenoxy) is 2. The SMILES string of the molecule is CCOC(=O)Cc1c(OC(F)(F)F)ccc(Br)c1N. The van der Waals surface area contributed by atoms with E-state index in [1.165, 1.54) is 6.07 Å². The predicted molar refractivity (Wildman–Crippen MR) is 65.6 cm³/mol. The first-order valence-electron chi connectivity index (χ1n) is 5.22. The van der Waals surface area contributed by atoms with Crippen molar-refractivity contribution in [1.29, 1.82) is 0 Å². The molecule has 1 rings (SSSR count). The van der Waals surface area contributed by atoms with Crippen molar-refractivity contribution in [2.24, 2.45) is 0 Å². The number of carbonyl (C=O) groups excluding carboxylic acids is 1. The van der Waals surface area contributed by atoms with E-state index in [4.69, 9.17) is 5.73 Å². The average Bonchev–Trinajstić information content (AvgIpc) is 2.27. The van der Waals surface area contributed by atoms with Crippen LogP contribution in [0.15, 0.2) is 16.6 Å². The molecular weight excluding hydrogens is 331 g/mol. The average molecular weight is 342 g/mol. The first kappa shape index (κ1) is 15.6. The molecule has 0 spiro atoms. The van der Waals surface area contributed by atoms with E-state index in [1.807, 2.05) is 0 Å². The Morgan fingerprint density at radius 2 is 2.05 bits per heavy atom. The molecule has 2 N–H and O–H groups in total. The summed E-state index contributed by atoms with van der Waals surface area (Å²) in [6.07, 6.45) is -5.26. The zero-order valence-corrected chi connectivity index (χ0v) is 11.5. The van der Waals surface area contributed by atoms with Crippen LogP contribution in [0.25, 0.3) is 0 Å². The number of hydrogen-bond donors (Lipinski definition) is 1. The van der Waals surface area contributed by atoms with Gasteiger partial charge in [-0.25, -0.2) is 0 Å². The molecule has 0 amide bonds. The normalized spacial score (nSPS) is 11.2. The van der Waals surface area contributed by atoms with Crippen molar-refractivity contribution < 1.29 is 27.4 Å². The van der Waals surface area contributed by atoms with Crippen molar-refractivity contribution >= 4 is 27.6 Å². The van der Waals surface area contributed by atoms with E-state index in [1.54, 1.807) is 6.92 Å². The molecule has 106 valence electrons. The largest absolute Gasteiger partial charge is 0.573 e. The summed E-state index contributed by atoms with van der Waals surface area (Å²) in [6.45, 7) is 1.72. The van der Waals surface area contributed by atoms with Gasteiger partial charge in [0.15, 0.2) is 0 Å². The monoisotopic (exact) mass is 341 g/mol. The summed E-state index contributed by atoms with van der Waals surface area (Å²) >= 11 is 3.07. The Morgan fingerprint density at radius 3 is 2.58 bits per heavy atom. The van der Waals surface area contributed by atoms with Gasteiger partial charge in [-0.05, 0) is 35.0 Å². The van der Waals surface area contributed by atoms with Gasteiger partial charge in [0.2, 0.25) is 0 Å². The van der Waals surface area contributed by atoms with Crippen LogP contribution in [0, 0.1) is 0 Å². The van der Waals surface area contributed by atoms with Crippen LogP contribution in [0.4, 0.5) is 18.9 Å². The molecule has 8 heteroatoms. The van der Waals surface area contributed by atoms with Crippen molar-refractivity contribution in [2.45, 2.75) is 19.7 Å². The summed E-state index contributed by atoms with van der Waals surface area (Å²) in [5.74, 6) is -1.19. The molecule has 1 aromatic rings. The zero-order valence-electron chi connectivity index (χ0n) is 9.88. The summed E-state index contributed by atoms with van der Waals surface area (Å²) in [5.41, 5.74) is 5.59. The van der Waals surface area contributed by atoms with Crippen molar-refractivity contribution in [2.75, 3.05) is 12.3 Å². The molecular formula is C11H11BrF3NO3. The number of rotatable bonds is 4. The Hall–Kier alpha value is -1.44. The molecule has 4 nitrogen and oxygen atoms in total. The molecule has 0 aromatic heterocycles. The summed E-state index contributed by atoms with van der Waals surface area (Å²) in [7, 11) is 0. The van der Waals surface area contributed by atoms with Crippen LogP contribution in [0.3, 0.4) is 0 Å². The molecule has 1 aromatic carbocycles. The second-order valence-electron chi connectivity index (χ2n) is 3.47. The fourth-order valence-corrected chi connectivity index (χ4v) is 1.75. The van der Waals surface area contributed by atoms with Crippen LogP contribution in [0.2, 0.25) is 0 Å². The van der Waals surface area contributed by atoms with Gasteiger partial charge in [-0.15, -0.1) is 13.2 Å². The van der Waals surface area contributed by atoms with Gasteiger partial charge in [0.25, 0.3) is 0 Å². The van der Waals surface area contributed by atoms with E-state index in [2.05, 4.69) is 25.4 Å². The topological polar surface area (TPSA) is 61.5 Å². The van der Waals surface area contributed by atoms with Crippen molar-refractivity contribution in [3.05, 3.63) is 22.2 Å². The van der Waals surface area contributed by atoms with Crippen LogP contribution >= 0.6 is 15.9 Å². The highest BCUT2D eigenvalue weighted by Crippen LogP contribution is 2.34. The number of anilines is 1. The molecule has 0 saturated heterocycles.